The van der Waals surface area contributed by atoms with Crippen LogP contribution in [0.2, 0.25) is 0 Å². The molecule has 2 rings (SSSR count). The number of ketones is 1. The summed E-state index contributed by atoms with van der Waals surface area (Å²) in [6.45, 7) is 5.41. The summed E-state index contributed by atoms with van der Waals surface area (Å²) in [5.74, 6) is 0.450. The molecule has 0 unspecified atom stereocenters. The van der Waals surface area contributed by atoms with Gasteiger partial charge in [0, 0.05) is 18.2 Å². The summed E-state index contributed by atoms with van der Waals surface area (Å²) in [4.78, 5) is 23.1. The maximum absolute atomic E-state index is 12.1. The maximum Gasteiger partial charge on any atom is 0.221 e. The van der Waals surface area contributed by atoms with Crippen LogP contribution >= 0.6 is 0 Å². The van der Waals surface area contributed by atoms with Crippen LogP contribution in [-0.4, -0.2) is 18.3 Å². The molecule has 0 aliphatic heterocycles. The topological polar surface area (TPSA) is 55.4 Å². The zero-order chi connectivity index (χ0) is 16.1. The van der Waals surface area contributed by atoms with Crippen molar-refractivity contribution < 1.29 is 14.3 Å². The second-order valence-electron chi connectivity index (χ2n) is 5.29. The van der Waals surface area contributed by atoms with Gasteiger partial charge in [-0.1, -0.05) is 6.07 Å². The Hall–Kier alpha value is -2.62. The highest BCUT2D eigenvalue weighted by Crippen LogP contribution is 2.17. The van der Waals surface area contributed by atoms with E-state index in [1.165, 1.54) is 6.92 Å². The first-order valence-electron chi connectivity index (χ1n) is 7.06. The summed E-state index contributed by atoms with van der Waals surface area (Å²) in [5, 5.41) is 2.66. The van der Waals surface area contributed by atoms with Gasteiger partial charge in [0.15, 0.2) is 12.4 Å². The van der Waals surface area contributed by atoms with E-state index in [9.17, 15) is 9.59 Å². The van der Waals surface area contributed by atoms with Crippen molar-refractivity contribution >= 4 is 17.4 Å². The molecule has 0 saturated heterocycles. The first-order chi connectivity index (χ1) is 10.4. The third kappa shape index (κ3) is 4.45. The van der Waals surface area contributed by atoms with Gasteiger partial charge >= 0.3 is 0 Å². The van der Waals surface area contributed by atoms with Gasteiger partial charge in [-0.15, -0.1) is 0 Å². The molecule has 0 bridgehead atoms. The molecule has 1 amide bonds. The minimum Gasteiger partial charge on any atom is -0.485 e. The molecule has 4 nitrogen and oxygen atoms in total. The van der Waals surface area contributed by atoms with Gasteiger partial charge < -0.3 is 10.1 Å². The van der Waals surface area contributed by atoms with Gasteiger partial charge in [-0.3, -0.25) is 9.59 Å². The molecule has 0 atom stereocenters. The minimum atomic E-state index is -0.141. The number of carbonyl (C=O) groups is 2. The van der Waals surface area contributed by atoms with Crippen LogP contribution in [0.5, 0.6) is 5.75 Å². The van der Waals surface area contributed by atoms with E-state index in [0.29, 0.717) is 17.0 Å². The predicted octanol–water partition coefficient (Wildman–Crippen LogP) is 3.52. The minimum absolute atomic E-state index is 0.0115. The molecule has 0 radical (unpaired) electrons. The number of carbonyl (C=O) groups excluding carboxylic acids is 2. The maximum atomic E-state index is 12.1. The molecule has 0 spiro atoms. The second-order valence-corrected chi connectivity index (χ2v) is 5.29. The summed E-state index contributed by atoms with van der Waals surface area (Å²) in [5.41, 5.74) is 3.42. The number of hydrogen-bond acceptors (Lipinski definition) is 3. The lowest BCUT2D eigenvalue weighted by Crippen LogP contribution is -2.12. The van der Waals surface area contributed by atoms with E-state index in [-0.39, 0.29) is 18.3 Å². The van der Waals surface area contributed by atoms with Crippen molar-refractivity contribution in [3.05, 3.63) is 59.2 Å². The Kier molecular flexibility index (Phi) is 4.94. The molecule has 0 aliphatic rings. The summed E-state index contributed by atoms with van der Waals surface area (Å²) in [6.07, 6.45) is 0. The van der Waals surface area contributed by atoms with E-state index in [0.717, 1.165) is 11.1 Å². The molecule has 2 aromatic rings. The Morgan fingerprint density at radius 3 is 2.14 bits per heavy atom. The van der Waals surface area contributed by atoms with Crippen LogP contribution in [0.4, 0.5) is 5.69 Å². The van der Waals surface area contributed by atoms with E-state index in [4.69, 9.17) is 4.74 Å². The van der Waals surface area contributed by atoms with Gasteiger partial charge in [0.1, 0.15) is 5.75 Å². The first kappa shape index (κ1) is 15.8. The Labute approximate surface area is 130 Å². The molecule has 0 fully saturated rings. The first-order valence-corrected chi connectivity index (χ1v) is 7.06. The van der Waals surface area contributed by atoms with Crippen LogP contribution in [0, 0.1) is 13.8 Å². The highest BCUT2D eigenvalue weighted by molar-refractivity contribution is 5.98. The lowest BCUT2D eigenvalue weighted by Gasteiger charge is -2.08. The monoisotopic (exact) mass is 297 g/mol. The van der Waals surface area contributed by atoms with Crippen molar-refractivity contribution in [3.8, 4) is 5.75 Å². The highest BCUT2D eigenvalue weighted by Gasteiger charge is 2.08. The number of nitrogens with one attached hydrogen (secondary N) is 1. The number of amides is 1. The molecule has 2 aromatic carbocycles. The van der Waals surface area contributed by atoms with E-state index < -0.39 is 0 Å². The Balaban J connectivity index is 1.98. The lowest BCUT2D eigenvalue weighted by atomic mass is 10.1. The molecular formula is C18H19NO3. The number of aryl methyl sites for hydroxylation is 2. The molecule has 0 saturated carbocycles. The number of hydrogen-bond donors (Lipinski definition) is 1. The number of benzene rings is 2. The van der Waals surface area contributed by atoms with E-state index in [2.05, 4.69) is 11.4 Å². The fourth-order valence-electron chi connectivity index (χ4n) is 2.19. The standard InChI is InChI=1S/C18H19NO3/c1-12-8-13(2)10-17(9-12)22-11-18(21)15-4-6-16(7-5-15)19-14(3)20/h4-10H,11H2,1-3H3,(H,19,20). The average molecular weight is 297 g/mol. The summed E-state index contributed by atoms with van der Waals surface area (Å²) in [7, 11) is 0. The number of Topliss-reactive ketones (excluding diaryl/α,β-unsaturated/α-hetero) is 1. The van der Waals surface area contributed by atoms with Crippen molar-refractivity contribution in [1.29, 1.82) is 0 Å². The zero-order valence-electron chi connectivity index (χ0n) is 13.0. The Bertz CT molecular complexity index is 670. The van der Waals surface area contributed by atoms with Crippen molar-refractivity contribution in [1.82, 2.24) is 0 Å². The molecule has 0 heterocycles. The molecule has 22 heavy (non-hydrogen) atoms. The Morgan fingerprint density at radius 1 is 1.00 bits per heavy atom. The van der Waals surface area contributed by atoms with Crippen LogP contribution in [0.3, 0.4) is 0 Å². The average Bonchev–Trinajstić information content (AvgIpc) is 2.44. The quantitative estimate of drug-likeness (QED) is 0.859. The number of rotatable bonds is 5. The van der Waals surface area contributed by atoms with Crippen LogP contribution < -0.4 is 10.1 Å². The van der Waals surface area contributed by atoms with Crippen LogP contribution in [0.25, 0.3) is 0 Å². The summed E-state index contributed by atoms with van der Waals surface area (Å²) >= 11 is 0. The number of ether oxygens (including phenoxy) is 1. The Morgan fingerprint density at radius 2 is 1.59 bits per heavy atom. The molecule has 4 heteroatoms. The smallest absolute Gasteiger partial charge is 0.221 e. The third-order valence-corrected chi connectivity index (χ3v) is 3.09. The fraction of sp³-hybridized carbons (Fsp3) is 0.222. The molecule has 114 valence electrons. The summed E-state index contributed by atoms with van der Waals surface area (Å²) < 4.78 is 5.56. The fourth-order valence-corrected chi connectivity index (χ4v) is 2.19. The van der Waals surface area contributed by atoms with E-state index >= 15 is 0 Å². The second kappa shape index (κ2) is 6.89. The van der Waals surface area contributed by atoms with Gasteiger partial charge in [0.05, 0.1) is 0 Å². The third-order valence-electron chi connectivity index (χ3n) is 3.09. The normalized spacial score (nSPS) is 10.1. The van der Waals surface area contributed by atoms with Crippen molar-refractivity contribution in [2.45, 2.75) is 20.8 Å². The molecule has 0 aliphatic carbocycles. The zero-order valence-corrected chi connectivity index (χ0v) is 13.0. The molecule has 0 aromatic heterocycles. The van der Waals surface area contributed by atoms with Gasteiger partial charge in [0.2, 0.25) is 5.91 Å². The molecular weight excluding hydrogens is 278 g/mol. The van der Waals surface area contributed by atoms with Crippen LogP contribution in [-0.2, 0) is 4.79 Å². The largest absolute Gasteiger partial charge is 0.485 e. The van der Waals surface area contributed by atoms with Gasteiger partial charge in [-0.05, 0) is 61.4 Å². The van der Waals surface area contributed by atoms with Gasteiger partial charge in [-0.25, -0.2) is 0 Å². The SMILES string of the molecule is CC(=O)Nc1ccc(C(=O)COc2cc(C)cc(C)c2)cc1. The highest BCUT2D eigenvalue weighted by atomic mass is 16.5. The van der Waals surface area contributed by atoms with Gasteiger partial charge in [-0.2, -0.15) is 0 Å². The predicted molar refractivity (Wildman–Crippen MR) is 86.5 cm³/mol. The van der Waals surface area contributed by atoms with Crippen molar-refractivity contribution in [3.63, 3.8) is 0 Å². The van der Waals surface area contributed by atoms with Crippen molar-refractivity contribution in [2.75, 3.05) is 11.9 Å². The van der Waals surface area contributed by atoms with Crippen LogP contribution in [0.15, 0.2) is 42.5 Å². The van der Waals surface area contributed by atoms with E-state index in [1.807, 2.05) is 26.0 Å². The number of anilines is 1. The van der Waals surface area contributed by atoms with Crippen molar-refractivity contribution in [2.24, 2.45) is 0 Å². The molecule has 1 N–H and O–H groups in total. The van der Waals surface area contributed by atoms with E-state index in [1.54, 1.807) is 24.3 Å². The summed E-state index contributed by atoms with van der Waals surface area (Å²) in [6, 6.07) is 12.6. The van der Waals surface area contributed by atoms with Crippen LogP contribution in [0.1, 0.15) is 28.4 Å². The van der Waals surface area contributed by atoms with Gasteiger partial charge in [0.25, 0.3) is 0 Å². The lowest BCUT2D eigenvalue weighted by molar-refractivity contribution is -0.114.